The Morgan fingerprint density at radius 1 is 0.774 bits per heavy atom. The second-order valence-electron chi connectivity index (χ2n) is 8.71. The molecule has 0 saturated carbocycles. The molecule has 0 amide bonds. The zero-order valence-electron chi connectivity index (χ0n) is 20.3. The van der Waals surface area contributed by atoms with Gasteiger partial charge >= 0.3 is 11.9 Å². The molecule has 172 valence electrons. The van der Waals surface area contributed by atoms with Crippen molar-refractivity contribution >= 4 is 11.9 Å². The molecule has 0 aliphatic carbocycles. The van der Waals surface area contributed by atoms with E-state index in [-0.39, 0.29) is 11.8 Å². The van der Waals surface area contributed by atoms with Gasteiger partial charge in [-0.05, 0) is 50.7 Å². The lowest BCUT2D eigenvalue weighted by Crippen LogP contribution is -2.14. The highest BCUT2D eigenvalue weighted by Gasteiger charge is 2.23. The van der Waals surface area contributed by atoms with Crippen molar-refractivity contribution in [1.29, 1.82) is 0 Å². The van der Waals surface area contributed by atoms with Gasteiger partial charge in [-0.1, -0.05) is 73.0 Å². The molecule has 1 rings (SSSR count). The number of benzene rings is 1. The highest BCUT2D eigenvalue weighted by molar-refractivity contribution is 5.90. The number of hydrogen-bond acceptors (Lipinski definition) is 4. The molecule has 0 aliphatic rings. The largest absolute Gasteiger partial charge is 0.423 e. The van der Waals surface area contributed by atoms with Crippen LogP contribution in [0.15, 0.2) is 36.4 Å². The standard InChI is InChI=1S/C27H40O4/c1-9-11-12-13-15-21(8)23-17-24(30-26(28)18(3)4)22(20(7)14-10-2)16-25(23)31-27(29)19(5)6/h16-17,20-21H,3,5,9-15H2,1-2,4,6-8H3. The molecular weight excluding hydrogens is 388 g/mol. The van der Waals surface area contributed by atoms with E-state index in [1.165, 1.54) is 19.3 Å². The highest BCUT2D eigenvalue weighted by atomic mass is 16.5. The van der Waals surface area contributed by atoms with Gasteiger partial charge in [0, 0.05) is 22.3 Å². The van der Waals surface area contributed by atoms with Crippen molar-refractivity contribution in [2.45, 2.75) is 98.3 Å². The van der Waals surface area contributed by atoms with Crippen molar-refractivity contribution in [3.8, 4) is 11.5 Å². The number of carbonyl (C=O) groups is 2. The molecule has 0 bridgehead atoms. The molecular formula is C27H40O4. The molecule has 31 heavy (non-hydrogen) atoms. The molecule has 4 heteroatoms. The van der Waals surface area contributed by atoms with Gasteiger partial charge in [0.15, 0.2) is 0 Å². The molecule has 0 radical (unpaired) electrons. The van der Waals surface area contributed by atoms with Crippen molar-refractivity contribution in [2.75, 3.05) is 0 Å². The molecule has 0 heterocycles. The number of rotatable bonds is 13. The van der Waals surface area contributed by atoms with E-state index in [1.54, 1.807) is 13.8 Å². The summed E-state index contributed by atoms with van der Waals surface area (Å²) in [6.45, 7) is 19.2. The Morgan fingerprint density at radius 3 is 1.61 bits per heavy atom. The van der Waals surface area contributed by atoms with Crippen LogP contribution in [-0.4, -0.2) is 11.9 Å². The maximum absolute atomic E-state index is 12.3. The first-order chi connectivity index (χ1) is 14.6. The molecule has 0 aromatic heterocycles. The third-order valence-corrected chi connectivity index (χ3v) is 5.52. The molecule has 2 atom stereocenters. The number of unbranched alkanes of at least 4 members (excludes halogenated alkanes) is 3. The van der Waals surface area contributed by atoms with Crippen LogP contribution in [0.5, 0.6) is 11.5 Å². The first-order valence-electron chi connectivity index (χ1n) is 11.5. The molecule has 4 nitrogen and oxygen atoms in total. The quantitative estimate of drug-likeness (QED) is 0.140. The average Bonchev–Trinajstić information content (AvgIpc) is 2.71. The Bertz CT molecular complexity index is 791. The lowest BCUT2D eigenvalue weighted by molar-refractivity contribution is -0.131. The summed E-state index contributed by atoms with van der Waals surface area (Å²) in [5.74, 6) is 0.471. The van der Waals surface area contributed by atoms with Gasteiger partial charge in [-0.3, -0.25) is 0 Å². The predicted molar refractivity (Wildman–Crippen MR) is 128 cm³/mol. The minimum absolute atomic E-state index is 0.147. The summed E-state index contributed by atoms with van der Waals surface area (Å²) in [5.41, 5.74) is 2.44. The van der Waals surface area contributed by atoms with Crippen molar-refractivity contribution in [2.24, 2.45) is 0 Å². The Morgan fingerprint density at radius 2 is 1.23 bits per heavy atom. The van der Waals surface area contributed by atoms with Gasteiger partial charge in [-0.15, -0.1) is 0 Å². The molecule has 1 aromatic rings. The lowest BCUT2D eigenvalue weighted by atomic mass is 9.89. The van der Waals surface area contributed by atoms with Crippen LogP contribution >= 0.6 is 0 Å². The van der Waals surface area contributed by atoms with Crippen molar-refractivity contribution < 1.29 is 19.1 Å². The van der Waals surface area contributed by atoms with Crippen LogP contribution < -0.4 is 9.47 Å². The zero-order chi connectivity index (χ0) is 23.6. The Balaban J connectivity index is 3.45. The van der Waals surface area contributed by atoms with Crippen molar-refractivity contribution in [3.05, 3.63) is 47.6 Å². The summed E-state index contributed by atoms with van der Waals surface area (Å²) in [5, 5.41) is 0. The fourth-order valence-electron chi connectivity index (χ4n) is 3.53. The molecule has 0 N–H and O–H groups in total. The first-order valence-corrected chi connectivity index (χ1v) is 11.5. The number of esters is 2. The summed E-state index contributed by atoms with van der Waals surface area (Å²) >= 11 is 0. The zero-order valence-corrected chi connectivity index (χ0v) is 20.3. The second-order valence-corrected chi connectivity index (χ2v) is 8.71. The highest BCUT2D eigenvalue weighted by Crippen LogP contribution is 2.40. The Labute approximate surface area is 188 Å². The summed E-state index contributed by atoms with van der Waals surface area (Å²) < 4.78 is 11.5. The fraction of sp³-hybridized carbons (Fsp3) is 0.556. The van der Waals surface area contributed by atoms with Gasteiger partial charge in [-0.25, -0.2) is 9.59 Å². The van der Waals surface area contributed by atoms with Gasteiger partial charge in [0.2, 0.25) is 0 Å². The molecule has 2 unspecified atom stereocenters. The van der Waals surface area contributed by atoms with Gasteiger partial charge in [0.1, 0.15) is 11.5 Å². The minimum atomic E-state index is -0.446. The summed E-state index contributed by atoms with van der Waals surface area (Å²) in [7, 11) is 0. The van der Waals surface area contributed by atoms with Gasteiger partial charge in [0.05, 0.1) is 0 Å². The van der Waals surface area contributed by atoms with Crippen LogP contribution in [0.2, 0.25) is 0 Å². The average molecular weight is 429 g/mol. The number of ether oxygens (including phenoxy) is 2. The third kappa shape index (κ3) is 8.35. The number of carbonyl (C=O) groups excluding carboxylic acids is 2. The third-order valence-electron chi connectivity index (χ3n) is 5.52. The summed E-state index contributed by atoms with van der Waals surface area (Å²) in [6, 6.07) is 3.76. The van der Waals surface area contributed by atoms with Crippen molar-refractivity contribution in [3.63, 3.8) is 0 Å². The maximum Gasteiger partial charge on any atom is 0.338 e. The van der Waals surface area contributed by atoms with E-state index in [1.807, 2.05) is 12.1 Å². The second kappa shape index (κ2) is 13.1. The molecule has 0 spiro atoms. The maximum atomic E-state index is 12.3. The van der Waals surface area contributed by atoms with Gasteiger partial charge < -0.3 is 9.47 Å². The smallest absolute Gasteiger partial charge is 0.338 e. The van der Waals surface area contributed by atoms with Crippen LogP contribution in [0.25, 0.3) is 0 Å². The topological polar surface area (TPSA) is 52.6 Å². The van der Waals surface area contributed by atoms with E-state index in [9.17, 15) is 9.59 Å². The van der Waals surface area contributed by atoms with E-state index >= 15 is 0 Å². The van der Waals surface area contributed by atoms with E-state index in [0.29, 0.717) is 22.6 Å². The fourth-order valence-corrected chi connectivity index (χ4v) is 3.53. The Kier molecular flexibility index (Phi) is 11.3. The summed E-state index contributed by atoms with van der Waals surface area (Å²) in [6.07, 6.45) is 7.54. The summed E-state index contributed by atoms with van der Waals surface area (Å²) in [4.78, 5) is 24.6. The first kappa shape index (κ1) is 26.7. The van der Waals surface area contributed by atoms with E-state index in [4.69, 9.17) is 9.47 Å². The lowest BCUT2D eigenvalue weighted by Gasteiger charge is -2.22. The van der Waals surface area contributed by atoms with Crippen LogP contribution in [0, 0.1) is 0 Å². The molecule has 0 fully saturated rings. The SMILES string of the molecule is C=C(C)C(=O)Oc1cc(C(C)CCCCCC)c(OC(=O)C(=C)C)cc1C(C)CCC. The Hall–Kier alpha value is -2.36. The minimum Gasteiger partial charge on any atom is -0.423 e. The predicted octanol–water partition coefficient (Wildman–Crippen LogP) is 7.63. The van der Waals surface area contributed by atoms with E-state index in [2.05, 4.69) is 40.9 Å². The van der Waals surface area contributed by atoms with Crippen molar-refractivity contribution in [1.82, 2.24) is 0 Å². The molecule has 0 aliphatic heterocycles. The van der Waals surface area contributed by atoms with Crippen LogP contribution in [-0.2, 0) is 9.59 Å². The van der Waals surface area contributed by atoms with Crippen LogP contribution in [0.3, 0.4) is 0 Å². The van der Waals surface area contributed by atoms with E-state index < -0.39 is 11.9 Å². The van der Waals surface area contributed by atoms with Crippen LogP contribution in [0.4, 0.5) is 0 Å². The van der Waals surface area contributed by atoms with Gasteiger partial charge in [0.25, 0.3) is 0 Å². The van der Waals surface area contributed by atoms with E-state index in [0.717, 1.165) is 36.8 Å². The monoisotopic (exact) mass is 428 g/mol. The number of hydrogen-bond donors (Lipinski definition) is 0. The van der Waals surface area contributed by atoms with Crippen LogP contribution in [0.1, 0.15) is 109 Å². The molecule has 0 saturated heterocycles. The van der Waals surface area contributed by atoms with Gasteiger partial charge in [-0.2, -0.15) is 0 Å². The molecule has 1 aromatic carbocycles. The normalized spacial score (nSPS) is 12.7.